The Kier molecular flexibility index (Phi) is 6.85. The molecule has 1 aromatic carbocycles. The van der Waals surface area contributed by atoms with Crippen LogP contribution in [0.1, 0.15) is 18.4 Å². The van der Waals surface area contributed by atoms with Crippen LogP contribution >= 0.6 is 22.9 Å². The van der Waals surface area contributed by atoms with Gasteiger partial charge in [-0.2, -0.15) is 0 Å². The molecule has 0 bridgehead atoms. The number of likely N-dealkylation sites (N-methyl/N-ethyl adjacent to an activating group) is 1. The molecule has 1 fully saturated rings. The predicted molar refractivity (Wildman–Crippen MR) is 142 cm³/mol. The van der Waals surface area contributed by atoms with Gasteiger partial charge in [-0.1, -0.05) is 11.6 Å². The van der Waals surface area contributed by atoms with Gasteiger partial charge in [0.25, 0.3) is 0 Å². The van der Waals surface area contributed by atoms with Gasteiger partial charge in [-0.25, -0.2) is 18.4 Å². The van der Waals surface area contributed by atoms with Crippen molar-refractivity contribution in [1.29, 1.82) is 0 Å². The largest absolute Gasteiger partial charge is 0.497 e. The summed E-state index contributed by atoms with van der Waals surface area (Å²) in [5, 5.41) is 3.66. The van der Waals surface area contributed by atoms with Crippen molar-refractivity contribution in [3.05, 3.63) is 58.0 Å². The van der Waals surface area contributed by atoms with Crippen LogP contribution in [0.2, 0.25) is 5.02 Å². The van der Waals surface area contributed by atoms with Gasteiger partial charge >= 0.3 is 0 Å². The van der Waals surface area contributed by atoms with E-state index in [9.17, 15) is 8.42 Å². The van der Waals surface area contributed by atoms with Crippen LogP contribution in [0.3, 0.4) is 0 Å². The molecule has 5 rings (SSSR count). The van der Waals surface area contributed by atoms with E-state index >= 15 is 0 Å². The first-order valence-corrected chi connectivity index (χ1v) is 14.6. The fourth-order valence-corrected chi connectivity index (χ4v) is 6.91. The molecule has 184 valence electrons. The second-order valence-electron chi connectivity index (χ2n) is 8.90. The Morgan fingerprint density at radius 3 is 2.71 bits per heavy atom. The summed E-state index contributed by atoms with van der Waals surface area (Å²) in [6.07, 6.45) is 4.35. The Morgan fingerprint density at radius 1 is 1.23 bits per heavy atom. The number of nitrogens with zero attached hydrogens (tertiary/aromatic N) is 4. The van der Waals surface area contributed by atoms with Gasteiger partial charge in [-0.3, -0.25) is 4.57 Å². The lowest BCUT2D eigenvalue weighted by Gasteiger charge is -2.31. The van der Waals surface area contributed by atoms with Gasteiger partial charge in [0.15, 0.2) is 0 Å². The van der Waals surface area contributed by atoms with Crippen LogP contribution in [-0.2, 0) is 16.3 Å². The van der Waals surface area contributed by atoms with Crippen LogP contribution in [0.25, 0.3) is 28.1 Å². The minimum absolute atomic E-state index is 0.283. The van der Waals surface area contributed by atoms with Crippen molar-refractivity contribution >= 4 is 43.8 Å². The summed E-state index contributed by atoms with van der Waals surface area (Å²) >= 11 is 8.08. The summed E-state index contributed by atoms with van der Waals surface area (Å²) in [4.78, 5) is 11.8. The van der Waals surface area contributed by atoms with Crippen LogP contribution < -0.4 is 4.74 Å². The Hall–Kier alpha value is -2.46. The molecule has 0 amide bonds. The molecule has 4 aromatic rings. The van der Waals surface area contributed by atoms with Crippen molar-refractivity contribution in [2.24, 2.45) is 0 Å². The average Bonchev–Trinajstić information content (AvgIpc) is 3.50. The third kappa shape index (κ3) is 5.09. The number of ether oxygens (including phenoxy) is 1. The van der Waals surface area contributed by atoms with Crippen molar-refractivity contribution in [2.45, 2.75) is 25.3 Å². The molecule has 7 nitrogen and oxygen atoms in total. The zero-order chi connectivity index (χ0) is 24.6. The minimum atomic E-state index is -2.86. The van der Waals surface area contributed by atoms with E-state index in [1.165, 1.54) is 5.56 Å². The van der Waals surface area contributed by atoms with Crippen molar-refractivity contribution in [2.75, 3.05) is 32.2 Å². The van der Waals surface area contributed by atoms with E-state index in [4.69, 9.17) is 21.3 Å². The highest BCUT2D eigenvalue weighted by Gasteiger charge is 2.26. The first-order valence-electron chi connectivity index (χ1n) is 11.5. The maximum atomic E-state index is 11.8. The van der Waals surface area contributed by atoms with Crippen molar-refractivity contribution < 1.29 is 13.2 Å². The number of fused-ring (bicyclic) bond motifs is 1. The van der Waals surface area contributed by atoms with Crippen molar-refractivity contribution in [3.63, 3.8) is 0 Å². The summed E-state index contributed by atoms with van der Waals surface area (Å²) in [5.41, 5.74) is 5.46. The fraction of sp³-hybridized carbons (Fsp3) is 0.360. The number of pyridine rings is 1. The number of hydrogen-bond acceptors (Lipinski definition) is 7. The smallest absolute Gasteiger partial charge is 0.150 e. The number of rotatable bonds is 7. The van der Waals surface area contributed by atoms with Gasteiger partial charge in [0.05, 0.1) is 34.8 Å². The van der Waals surface area contributed by atoms with Gasteiger partial charge in [-0.15, -0.1) is 11.3 Å². The maximum absolute atomic E-state index is 11.8. The van der Waals surface area contributed by atoms with Gasteiger partial charge in [-0.05, 0) is 62.2 Å². The van der Waals surface area contributed by atoms with Crippen LogP contribution in [0.5, 0.6) is 5.75 Å². The molecular weight excluding hydrogens is 504 g/mol. The Balaban J connectivity index is 1.45. The summed E-state index contributed by atoms with van der Waals surface area (Å²) in [6.45, 7) is 0.840. The van der Waals surface area contributed by atoms with E-state index in [0.717, 1.165) is 41.1 Å². The molecule has 1 aliphatic heterocycles. The summed E-state index contributed by atoms with van der Waals surface area (Å²) in [7, 11) is 0.842. The quantitative estimate of drug-likeness (QED) is 0.339. The van der Waals surface area contributed by atoms with Gasteiger partial charge in [0, 0.05) is 35.1 Å². The number of hydrogen-bond donors (Lipinski definition) is 0. The van der Waals surface area contributed by atoms with E-state index < -0.39 is 9.84 Å². The van der Waals surface area contributed by atoms with Crippen LogP contribution in [0, 0.1) is 0 Å². The first-order chi connectivity index (χ1) is 16.8. The second kappa shape index (κ2) is 9.89. The third-order valence-corrected chi connectivity index (χ3v) is 9.34. The van der Waals surface area contributed by atoms with Crippen molar-refractivity contribution in [1.82, 2.24) is 19.4 Å². The predicted octanol–water partition coefficient (Wildman–Crippen LogP) is 4.86. The Labute approximate surface area is 214 Å². The minimum Gasteiger partial charge on any atom is -0.497 e. The van der Waals surface area contributed by atoms with Gasteiger partial charge < -0.3 is 9.64 Å². The van der Waals surface area contributed by atoms with E-state index in [0.29, 0.717) is 29.7 Å². The first kappa shape index (κ1) is 24.2. The van der Waals surface area contributed by atoms with Crippen LogP contribution in [0.4, 0.5) is 0 Å². The van der Waals surface area contributed by atoms with Crippen LogP contribution in [0.15, 0.2) is 47.4 Å². The number of halogens is 1. The highest BCUT2D eigenvalue weighted by molar-refractivity contribution is 7.91. The third-order valence-electron chi connectivity index (χ3n) is 6.73. The SMILES string of the molecule is COc1ccc(-c2ccc3c(CCN(C)C4CCS(=O)(=O)CC4)cn(-c4cscn4)c3n2)c(Cl)c1. The monoisotopic (exact) mass is 530 g/mol. The molecule has 0 aliphatic carbocycles. The summed E-state index contributed by atoms with van der Waals surface area (Å²) < 4.78 is 30.9. The average molecular weight is 531 g/mol. The summed E-state index contributed by atoms with van der Waals surface area (Å²) in [5.74, 6) is 2.10. The van der Waals surface area contributed by atoms with E-state index in [1.807, 2.05) is 33.7 Å². The van der Waals surface area contributed by atoms with Crippen molar-refractivity contribution in [3.8, 4) is 22.8 Å². The molecule has 0 saturated carbocycles. The van der Waals surface area contributed by atoms with E-state index in [2.05, 4.69) is 29.2 Å². The molecule has 4 heterocycles. The highest BCUT2D eigenvalue weighted by Crippen LogP contribution is 2.33. The summed E-state index contributed by atoms with van der Waals surface area (Å²) in [6, 6.07) is 9.99. The zero-order valence-corrected chi connectivity index (χ0v) is 22.0. The molecule has 3 aromatic heterocycles. The molecule has 0 N–H and O–H groups in total. The standard InChI is InChI=1S/C25H27ClN4O3S2/c1-29(18-8-11-35(31,32)12-9-18)10-7-17-14-30(24-15-34-16-27-24)25-20(17)5-6-23(28-25)21-4-3-19(33-2)13-22(21)26/h3-6,13-16,18H,7-12H2,1-2H3. The highest BCUT2D eigenvalue weighted by atomic mass is 35.5. The molecule has 1 aliphatic rings. The van der Waals surface area contributed by atoms with E-state index in [1.54, 1.807) is 24.5 Å². The lowest BCUT2D eigenvalue weighted by molar-refractivity contribution is 0.229. The maximum Gasteiger partial charge on any atom is 0.150 e. The Bertz CT molecular complexity index is 1440. The van der Waals surface area contributed by atoms with Gasteiger partial charge in [0.2, 0.25) is 0 Å². The normalized spacial score (nSPS) is 16.2. The molecular formula is C25H27ClN4O3S2. The van der Waals surface area contributed by atoms with Crippen LogP contribution in [-0.4, -0.2) is 66.1 Å². The number of thiazole rings is 1. The number of aromatic nitrogens is 3. The lowest BCUT2D eigenvalue weighted by Crippen LogP contribution is -2.39. The molecule has 35 heavy (non-hydrogen) atoms. The zero-order valence-electron chi connectivity index (χ0n) is 19.6. The topological polar surface area (TPSA) is 77.3 Å². The Morgan fingerprint density at radius 2 is 2.03 bits per heavy atom. The van der Waals surface area contributed by atoms with Gasteiger partial charge in [0.1, 0.15) is 27.1 Å². The molecule has 0 radical (unpaired) electrons. The number of benzene rings is 1. The molecule has 0 unspecified atom stereocenters. The molecule has 10 heteroatoms. The lowest BCUT2D eigenvalue weighted by atomic mass is 10.1. The fourth-order valence-electron chi connectivity index (χ4n) is 4.65. The molecule has 0 spiro atoms. The number of methoxy groups -OCH3 is 1. The molecule has 0 atom stereocenters. The number of sulfone groups is 1. The molecule has 1 saturated heterocycles. The second-order valence-corrected chi connectivity index (χ2v) is 12.3. The van der Waals surface area contributed by atoms with E-state index in [-0.39, 0.29) is 11.5 Å².